The molecule has 0 radical (unpaired) electrons. The molecule has 0 fully saturated rings. The number of halogens is 2. The van der Waals surface area contributed by atoms with Crippen molar-refractivity contribution in [2.75, 3.05) is 18.7 Å². The Morgan fingerprint density at radius 3 is 2.71 bits per heavy atom. The summed E-state index contributed by atoms with van der Waals surface area (Å²) < 4.78 is 37.6. The van der Waals surface area contributed by atoms with Crippen molar-refractivity contribution in [3.8, 4) is 11.5 Å². The Morgan fingerprint density at radius 1 is 1.04 bits per heavy atom. The Bertz CT molecular complexity index is 933. The average Bonchev–Trinajstić information content (AvgIpc) is 3.03. The zero-order chi connectivity index (χ0) is 16.7. The summed E-state index contributed by atoms with van der Waals surface area (Å²) in [4.78, 5) is 10.1. The maximum Gasteiger partial charge on any atom is 0.231 e. The first-order valence-corrected chi connectivity index (χ1v) is 7.31. The molecule has 0 bridgehead atoms. The summed E-state index contributed by atoms with van der Waals surface area (Å²) in [5.41, 5.74) is 1.34. The van der Waals surface area contributed by atoms with E-state index < -0.39 is 11.6 Å². The highest BCUT2D eigenvalue weighted by Crippen LogP contribution is 2.33. The third-order valence-corrected chi connectivity index (χ3v) is 3.87. The third kappa shape index (κ3) is 2.47. The summed E-state index contributed by atoms with van der Waals surface area (Å²) in [5.74, 6) is 0.0881. The predicted octanol–water partition coefficient (Wildman–Crippen LogP) is 3.27. The summed E-state index contributed by atoms with van der Waals surface area (Å²) in [6.07, 6.45) is 1.34. The molecule has 3 aromatic rings. The summed E-state index contributed by atoms with van der Waals surface area (Å²) >= 11 is 0. The van der Waals surface area contributed by atoms with Crippen LogP contribution >= 0.6 is 0 Å². The van der Waals surface area contributed by atoms with Gasteiger partial charge < -0.3 is 14.4 Å². The van der Waals surface area contributed by atoms with Gasteiger partial charge in [0, 0.05) is 25.0 Å². The fourth-order valence-electron chi connectivity index (χ4n) is 2.73. The normalized spacial score (nSPS) is 12.6. The summed E-state index contributed by atoms with van der Waals surface area (Å²) in [6.45, 7) is 0.734. The molecule has 2 aromatic carbocycles. The molecule has 1 aromatic heterocycles. The van der Waals surface area contributed by atoms with E-state index in [1.165, 1.54) is 6.33 Å². The Labute approximate surface area is 136 Å². The van der Waals surface area contributed by atoms with Crippen molar-refractivity contribution in [2.24, 2.45) is 0 Å². The number of benzene rings is 2. The maximum atomic E-state index is 13.6. The molecule has 1 aliphatic heterocycles. The van der Waals surface area contributed by atoms with Gasteiger partial charge in [0.1, 0.15) is 12.1 Å². The van der Waals surface area contributed by atoms with E-state index in [0.29, 0.717) is 34.8 Å². The second-order valence-electron chi connectivity index (χ2n) is 5.52. The first kappa shape index (κ1) is 14.6. The van der Waals surface area contributed by atoms with Crippen LogP contribution in [0.3, 0.4) is 0 Å². The van der Waals surface area contributed by atoms with Gasteiger partial charge in [0.05, 0.1) is 5.52 Å². The van der Waals surface area contributed by atoms with Crippen molar-refractivity contribution in [2.45, 2.75) is 6.54 Å². The summed E-state index contributed by atoms with van der Waals surface area (Å²) in [7, 11) is 1.83. The second-order valence-corrected chi connectivity index (χ2v) is 5.52. The van der Waals surface area contributed by atoms with Gasteiger partial charge in [-0.15, -0.1) is 0 Å². The summed E-state index contributed by atoms with van der Waals surface area (Å²) in [5, 5.41) is 0.458. The number of anilines is 1. The number of ether oxygens (including phenoxy) is 2. The fraction of sp³-hybridized carbons (Fsp3) is 0.176. The van der Waals surface area contributed by atoms with E-state index in [4.69, 9.17) is 9.47 Å². The van der Waals surface area contributed by atoms with E-state index >= 15 is 0 Å². The zero-order valence-corrected chi connectivity index (χ0v) is 12.8. The Balaban J connectivity index is 1.68. The lowest BCUT2D eigenvalue weighted by atomic mass is 10.1. The van der Waals surface area contributed by atoms with Crippen LogP contribution in [-0.4, -0.2) is 23.8 Å². The number of hydrogen-bond acceptors (Lipinski definition) is 5. The maximum absolute atomic E-state index is 13.6. The van der Waals surface area contributed by atoms with Crippen LogP contribution in [0, 0.1) is 11.6 Å². The molecule has 24 heavy (non-hydrogen) atoms. The van der Waals surface area contributed by atoms with Gasteiger partial charge in [-0.25, -0.2) is 18.7 Å². The molecule has 4 rings (SSSR count). The highest BCUT2D eigenvalue weighted by atomic mass is 19.2. The first-order valence-electron chi connectivity index (χ1n) is 7.31. The van der Waals surface area contributed by atoms with Crippen molar-refractivity contribution < 1.29 is 18.3 Å². The van der Waals surface area contributed by atoms with Crippen molar-refractivity contribution in [1.29, 1.82) is 0 Å². The molecule has 5 nitrogen and oxygen atoms in total. The minimum Gasteiger partial charge on any atom is -0.454 e. The van der Waals surface area contributed by atoms with E-state index in [2.05, 4.69) is 9.97 Å². The largest absolute Gasteiger partial charge is 0.454 e. The van der Waals surface area contributed by atoms with Crippen LogP contribution in [0.1, 0.15) is 5.56 Å². The summed E-state index contributed by atoms with van der Waals surface area (Å²) in [6, 6.07) is 7.86. The predicted molar refractivity (Wildman–Crippen MR) is 84.1 cm³/mol. The average molecular weight is 329 g/mol. The minimum atomic E-state index is -0.925. The van der Waals surface area contributed by atoms with Gasteiger partial charge >= 0.3 is 0 Å². The number of hydrogen-bond donors (Lipinski definition) is 0. The standard InChI is InChI=1S/C17H13F2N3O2/c1-22(7-10-2-3-15-16(4-10)24-9-23-15)17-11-5-12(18)13(19)6-14(11)20-8-21-17/h2-6,8H,7,9H2,1H3. The molecule has 0 saturated carbocycles. The van der Waals surface area contributed by atoms with Crippen molar-refractivity contribution >= 4 is 16.7 Å². The van der Waals surface area contributed by atoms with Gasteiger partial charge in [0.25, 0.3) is 0 Å². The minimum absolute atomic E-state index is 0.218. The Morgan fingerprint density at radius 2 is 1.83 bits per heavy atom. The van der Waals surface area contributed by atoms with Crippen molar-refractivity contribution in [1.82, 2.24) is 9.97 Å². The zero-order valence-electron chi connectivity index (χ0n) is 12.8. The van der Waals surface area contributed by atoms with Gasteiger partial charge in [-0.2, -0.15) is 0 Å². The molecule has 0 aliphatic carbocycles. The van der Waals surface area contributed by atoms with Gasteiger partial charge in [-0.05, 0) is 23.8 Å². The number of rotatable bonds is 3. The molecule has 0 amide bonds. The smallest absolute Gasteiger partial charge is 0.231 e. The van der Waals surface area contributed by atoms with Gasteiger partial charge in [0.2, 0.25) is 6.79 Å². The first-order chi connectivity index (χ1) is 11.6. The Kier molecular flexibility index (Phi) is 3.41. The second kappa shape index (κ2) is 5.59. The van der Waals surface area contributed by atoms with Crippen molar-refractivity contribution in [3.63, 3.8) is 0 Å². The van der Waals surface area contributed by atoms with Gasteiger partial charge in [0.15, 0.2) is 23.1 Å². The number of aromatic nitrogens is 2. The lowest BCUT2D eigenvalue weighted by molar-refractivity contribution is 0.174. The van der Waals surface area contributed by atoms with Gasteiger partial charge in [-0.3, -0.25) is 0 Å². The Hall–Kier alpha value is -2.96. The van der Waals surface area contributed by atoms with E-state index in [9.17, 15) is 8.78 Å². The molecule has 122 valence electrons. The molecule has 0 saturated heterocycles. The quantitative estimate of drug-likeness (QED) is 0.738. The van der Waals surface area contributed by atoms with Crippen LogP contribution < -0.4 is 14.4 Å². The van der Waals surface area contributed by atoms with E-state index in [0.717, 1.165) is 17.7 Å². The van der Waals surface area contributed by atoms with Gasteiger partial charge in [-0.1, -0.05) is 6.07 Å². The van der Waals surface area contributed by atoms with Crippen LogP contribution in [-0.2, 0) is 6.54 Å². The topological polar surface area (TPSA) is 47.5 Å². The molecular weight excluding hydrogens is 316 g/mol. The van der Waals surface area contributed by atoms with E-state index in [1.54, 1.807) is 0 Å². The lowest BCUT2D eigenvalue weighted by Gasteiger charge is -2.20. The van der Waals surface area contributed by atoms with Crippen LogP contribution in [0.15, 0.2) is 36.7 Å². The van der Waals surface area contributed by atoms with Crippen LogP contribution in [0.4, 0.5) is 14.6 Å². The lowest BCUT2D eigenvalue weighted by Crippen LogP contribution is -2.18. The molecule has 1 aliphatic rings. The monoisotopic (exact) mass is 329 g/mol. The number of nitrogens with zero attached hydrogens (tertiary/aromatic N) is 3. The molecule has 0 spiro atoms. The van der Waals surface area contributed by atoms with Crippen LogP contribution in [0.25, 0.3) is 10.9 Å². The molecule has 0 atom stereocenters. The highest BCUT2D eigenvalue weighted by Gasteiger charge is 2.16. The molecule has 7 heteroatoms. The van der Waals surface area contributed by atoms with Crippen LogP contribution in [0.5, 0.6) is 11.5 Å². The SMILES string of the molecule is CN(Cc1ccc2c(c1)OCO2)c1ncnc2cc(F)c(F)cc12. The molecule has 0 N–H and O–H groups in total. The fourth-order valence-corrected chi connectivity index (χ4v) is 2.73. The van der Waals surface area contributed by atoms with Crippen LogP contribution in [0.2, 0.25) is 0 Å². The highest BCUT2D eigenvalue weighted by molar-refractivity contribution is 5.89. The molecule has 0 unspecified atom stereocenters. The molecule has 2 heterocycles. The third-order valence-electron chi connectivity index (χ3n) is 3.87. The van der Waals surface area contributed by atoms with E-state index in [-0.39, 0.29) is 6.79 Å². The molecular formula is C17H13F2N3O2. The van der Waals surface area contributed by atoms with Crippen molar-refractivity contribution in [3.05, 3.63) is 53.9 Å². The number of fused-ring (bicyclic) bond motifs is 2. The van der Waals surface area contributed by atoms with E-state index in [1.807, 2.05) is 30.1 Å².